The predicted octanol–water partition coefficient (Wildman–Crippen LogP) is 4.60. The molecule has 0 saturated carbocycles. The molecule has 2 heterocycles. The van der Waals surface area contributed by atoms with Crippen LogP contribution in [0.5, 0.6) is 0 Å². The normalized spacial score (nSPS) is 15.8. The molecule has 0 aliphatic carbocycles. The van der Waals surface area contributed by atoms with E-state index in [1.807, 2.05) is 46.0 Å². The SMILES string of the molecule is C/C=C(\N=C/C(C)N1CC(C)=NN=C1c1ccc(-c2ccc(F)cc2C)nc1)OC. The van der Waals surface area contributed by atoms with Crippen LogP contribution in [0.2, 0.25) is 0 Å². The molecule has 0 fully saturated rings. The molecule has 1 aliphatic rings. The van der Waals surface area contributed by atoms with Gasteiger partial charge in [0.1, 0.15) is 5.82 Å². The van der Waals surface area contributed by atoms with E-state index in [1.165, 1.54) is 12.1 Å². The van der Waals surface area contributed by atoms with Crippen molar-refractivity contribution >= 4 is 17.8 Å². The molecule has 156 valence electrons. The zero-order chi connectivity index (χ0) is 21.7. The second-order valence-electron chi connectivity index (χ2n) is 7.13. The summed E-state index contributed by atoms with van der Waals surface area (Å²) in [6, 6.07) is 8.56. The third kappa shape index (κ3) is 4.79. The van der Waals surface area contributed by atoms with Crippen molar-refractivity contribution in [2.45, 2.75) is 33.7 Å². The maximum Gasteiger partial charge on any atom is 0.208 e. The molecule has 0 N–H and O–H groups in total. The van der Waals surface area contributed by atoms with Crippen molar-refractivity contribution in [1.82, 2.24) is 9.88 Å². The number of benzene rings is 1. The summed E-state index contributed by atoms with van der Waals surface area (Å²) in [7, 11) is 1.60. The van der Waals surface area contributed by atoms with Gasteiger partial charge in [0.2, 0.25) is 5.88 Å². The molecule has 2 aromatic rings. The number of halogens is 1. The Labute approximate surface area is 176 Å². The smallest absolute Gasteiger partial charge is 0.208 e. The Kier molecular flexibility index (Phi) is 6.72. The zero-order valence-corrected chi connectivity index (χ0v) is 17.9. The maximum atomic E-state index is 13.4. The van der Waals surface area contributed by atoms with Gasteiger partial charge in [0.25, 0.3) is 0 Å². The van der Waals surface area contributed by atoms with Crippen molar-refractivity contribution in [2.24, 2.45) is 15.2 Å². The van der Waals surface area contributed by atoms with Gasteiger partial charge in [-0.05, 0) is 69.7 Å². The molecule has 0 bridgehead atoms. The highest BCUT2D eigenvalue weighted by molar-refractivity contribution is 6.04. The lowest BCUT2D eigenvalue weighted by atomic mass is 10.0. The van der Waals surface area contributed by atoms with Crippen LogP contribution in [0.15, 0.2) is 63.7 Å². The second-order valence-corrected chi connectivity index (χ2v) is 7.13. The summed E-state index contributed by atoms with van der Waals surface area (Å²) in [5.74, 6) is 1.04. The molecule has 30 heavy (non-hydrogen) atoms. The van der Waals surface area contributed by atoms with E-state index in [4.69, 9.17) is 4.74 Å². The molecule has 6 nitrogen and oxygen atoms in total. The molecule has 0 saturated heterocycles. The molecule has 1 aromatic heterocycles. The van der Waals surface area contributed by atoms with Crippen molar-refractivity contribution in [2.75, 3.05) is 13.7 Å². The predicted molar refractivity (Wildman–Crippen MR) is 119 cm³/mol. The summed E-state index contributed by atoms with van der Waals surface area (Å²) in [6.45, 7) is 8.38. The minimum Gasteiger partial charge on any atom is -0.481 e. The van der Waals surface area contributed by atoms with E-state index >= 15 is 0 Å². The lowest BCUT2D eigenvalue weighted by molar-refractivity contribution is 0.287. The van der Waals surface area contributed by atoms with Crippen molar-refractivity contribution < 1.29 is 9.13 Å². The van der Waals surface area contributed by atoms with E-state index in [-0.39, 0.29) is 11.9 Å². The molecule has 7 heteroatoms. The van der Waals surface area contributed by atoms with Crippen LogP contribution in [0.4, 0.5) is 4.39 Å². The van der Waals surface area contributed by atoms with Crippen LogP contribution in [-0.2, 0) is 4.74 Å². The minimum atomic E-state index is -0.251. The third-order valence-corrected chi connectivity index (χ3v) is 4.84. The van der Waals surface area contributed by atoms with Crippen LogP contribution < -0.4 is 0 Å². The summed E-state index contributed by atoms with van der Waals surface area (Å²) in [5.41, 5.74) is 4.30. The largest absolute Gasteiger partial charge is 0.481 e. The van der Waals surface area contributed by atoms with Crippen molar-refractivity contribution in [1.29, 1.82) is 0 Å². The van der Waals surface area contributed by atoms with Crippen molar-refractivity contribution in [3.05, 3.63) is 65.4 Å². The Hall–Kier alpha value is -3.35. The summed E-state index contributed by atoms with van der Waals surface area (Å²) >= 11 is 0. The molecule has 1 aromatic carbocycles. The Morgan fingerprint density at radius 1 is 1.23 bits per heavy atom. The van der Waals surface area contributed by atoms with Gasteiger partial charge >= 0.3 is 0 Å². The Morgan fingerprint density at radius 3 is 2.67 bits per heavy atom. The molecule has 1 aliphatic heterocycles. The number of allylic oxidation sites excluding steroid dienone is 1. The van der Waals surface area contributed by atoms with E-state index in [9.17, 15) is 4.39 Å². The van der Waals surface area contributed by atoms with Gasteiger partial charge in [-0.15, -0.1) is 5.10 Å². The number of rotatable bonds is 6. The molecule has 0 amide bonds. The summed E-state index contributed by atoms with van der Waals surface area (Å²) in [4.78, 5) is 11.1. The number of hydrogen-bond donors (Lipinski definition) is 0. The third-order valence-electron chi connectivity index (χ3n) is 4.84. The number of methoxy groups -OCH3 is 1. The molecule has 1 atom stereocenters. The molecular formula is C23H26FN5O. The van der Waals surface area contributed by atoms with Gasteiger partial charge < -0.3 is 9.64 Å². The number of pyridine rings is 1. The molecule has 0 spiro atoms. The monoisotopic (exact) mass is 407 g/mol. The summed E-state index contributed by atoms with van der Waals surface area (Å²) < 4.78 is 18.6. The number of aryl methyl sites for hydroxylation is 1. The van der Waals surface area contributed by atoms with Crippen LogP contribution in [0.3, 0.4) is 0 Å². The first-order chi connectivity index (χ1) is 14.4. The first-order valence-corrected chi connectivity index (χ1v) is 9.78. The van der Waals surface area contributed by atoms with Gasteiger partial charge in [0.15, 0.2) is 5.84 Å². The fourth-order valence-corrected chi connectivity index (χ4v) is 3.21. The van der Waals surface area contributed by atoms with E-state index in [1.54, 1.807) is 25.4 Å². The lowest BCUT2D eigenvalue weighted by Crippen LogP contribution is -2.44. The van der Waals surface area contributed by atoms with Crippen LogP contribution in [-0.4, -0.2) is 47.3 Å². The number of amidine groups is 1. The van der Waals surface area contributed by atoms with Crippen LogP contribution in [0, 0.1) is 12.7 Å². The van der Waals surface area contributed by atoms with Crippen molar-refractivity contribution in [3.63, 3.8) is 0 Å². The molecule has 0 radical (unpaired) electrons. The molecule has 3 rings (SSSR count). The van der Waals surface area contributed by atoms with E-state index in [0.29, 0.717) is 12.4 Å². The number of nitrogens with zero attached hydrogens (tertiary/aromatic N) is 5. The topological polar surface area (TPSA) is 62.4 Å². The Bertz CT molecular complexity index is 1020. The lowest BCUT2D eigenvalue weighted by Gasteiger charge is -2.31. The summed E-state index contributed by atoms with van der Waals surface area (Å²) in [6.07, 6.45) is 5.41. The molecular weight excluding hydrogens is 381 g/mol. The first-order valence-electron chi connectivity index (χ1n) is 9.78. The van der Waals surface area contributed by atoms with Gasteiger partial charge in [-0.2, -0.15) is 5.10 Å². The van der Waals surface area contributed by atoms with Gasteiger partial charge in [-0.3, -0.25) is 4.98 Å². The fourth-order valence-electron chi connectivity index (χ4n) is 3.21. The number of aromatic nitrogens is 1. The fraction of sp³-hybridized carbons (Fsp3) is 0.304. The Morgan fingerprint density at radius 2 is 2.03 bits per heavy atom. The van der Waals surface area contributed by atoms with Gasteiger partial charge in [-0.1, -0.05) is 0 Å². The van der Waals surface area contributed by atoms with E-state index in [2.05, 4.69) is 25.1 Å². The van der Waals surface area contributed by atoms with Crippen LogP contribution in [0.1, 0.15) is 31.9 Å². The second kappa shape index (κ2) is 9.43. The zero-order valence-electron chi connectivity index (χ0n) is 17.9. The van der Waals surface area contributed by atoms with Crippen LogP contribution in [0.25, 0.3) is 11.3 Å². The number of ether oxygens (including phenoxy) is 1. The standard InChI is InChI=1S/C23H26FN5O/c1-6-22(30-5)26-12-17(4)29-14-16(3)27-28-23(29)18-7-10-21(25-13-18)20-9-8-19(24)11-15(20)2/h6-13,17H,14H2,1-5H3/b22-6+,26-12-. The Balaban J connectivity index is 1.88. The van der Waals surface area contributed by atoms with Gasteiger partial charge in [-0.25, -0.2) is 9.38 Å². The average Bonchev–Trinajstić information content (AvgIpc) is 2.74. The highest BCUT2D eigenvalue weighted by Crippen LogP contribution is 2.23. The first kappa shape index (κ1) is 21.4. The quantitative estimate of drug-likeness (QED) is 0.519. The molecule has 1 unspecified atom stereocenters. The van der Waals surface area contributed by atoms with Crippen LogP contribution >= 0.6 is 0 Å². The number of hydrogen-bond acceptors (Lipinski definition) is 6. The van der Waals surface area contributed by atoms with Gasteiger partial charge in [0.05, 0.1) is 31.1 Å². The maximum absolute atomic E-state index is 13.4. The minimum absolute atomic E-state index is 0.0293. The average molecular weight is 407 g/mol. The van der Waals surface area contributed by atoms with Gasteiger partial charge in [0, 0.05) is 23.5 Å². The highest BCUT2D eigenvalue weighted by Gasteiger charge is 2.23. The van der Waals surface area contributed by atoms with E-state index in [0.717, 1.165) is 33.9 Å². The van der Waals surface area contributed by atoms with Crippen molar-refractivity contribution in [3.8, 4) is 11.3 Å². The van der Waals surface area contributed by atoms with E-state index < -0.39 is 0 Å². The summed E-state index contributed by atoms with van der Waals surface area (Å²) in [5, 5.41) is 8.68. The number of aliphatic imine (C=N–C) groups is 1. The highest BCUT2D eigenvalue weighted by atomic mass is 19.1.